The minimum absolute atomic E-state index is 0.0966. The van der Waals surface area contributed by atoms with Gasteiger partial charge in [0.25, 0.3) is 0 Å². The molecule has 1 aromatic carbocycles. The van der Waals surface area contributed by atoms with Crippen LogP contribution in [0.1, 0.15) is 19.3 Å². The van der Waals surface area contributed by atoms with Crippen molar-refractivity contribution >= 4 is 10.0 Å². The van der Waals surface area contributed by atoms with E-state index in [1.54, 1.807) is 47.4 Å². The molecule has 1 fully saturated rings. The van der Waals surface area contributed by atoms with E-state index in [0.29, 0.717) is 25.8 Å². The van der Waals surface area contributed by atoms with E-state index in [9.17, 15) is 13.5 Å². The number of sulfonamides is 1. The minimum Gasteiger partial charge on any atom is -0.394 e. The van der Waals surface area contributed by atoms with Crippen LogP contribution in [0.2, 0.25) is 0 Å². The molecule has 1 saturated heterocycles. The normalized spacial score (nSPS) is 21.8. The van der Waals surface area contributed by atoms with E-state index >= 15 is 0 Å². The van der Waals surface area contributed by atoms with Crippen molar-refractivity contribution < 1.29 is 18.3 Å². The maximum atomic E-state index is 12.6. The Kier molecular flexibility index (Phi) is 6.71. The van der Waals surface area contributed by atoms with Crippen molar-refractivity contribution in [3.05, 3.63) is 61.1 Å². The molecule has 0 bridgehead atoms. The van der Waals surface area contributed by atoms with Crippen LogP contribution in [0, 0.1) is 0 Å². The van der Waals surface area contributed by atoms with Crippen LogP contribution >= 0.6 is 0 Å². The summed E-state index contributed by atoms with van der Waals surface area (Å²) in [7, 11) is -3.67. The van der Waals surface area contributed by atoms with Crippen molar-refractivity contribution in [2.24, 2.45) is 0 Å². The monoisotopic (exact) mass is 443 g/mol. The third-order valence-corrected chi connectivity index (χ3v) is 6.84. The summed E-state index contributed by atoms with van der Waals surface area (Å²) in [6.07, 6.45) is 6.56. The zero-order valence-corrected chi connectivity index (χ0v) is 17.7. The first-order valence-electron chi connectivity index (χ1n) is 10.2. The zero-order chi connectivity index (χ0) is 21.7. The Morgan fingerprint density at radius 1 is 1.16 bits per heavy atom. The molecule has 164 valence electrons. The number of pyridine rings is 1. The molecule has 3 heterocycles. The summed E-state index contributed by atoms with van der Waals surface area (Å²) in [4.78, 5) is 4.29. The van der Waals surface area contributed by atoms with E-state index in [1.165, 1.54) is 0 Å². The van der Waals surface area contributed by atoms with Gasteiger partial charge in [0.05, 0.1) is 35.9 Å². The number of benzene rings is 1. The van der Waals surface area contributed by atoms with E-state index in [-0.39, 0.29) is 17.6 Å². The molecule has 3 aromatic rings. The molecule has 0 amide bonds. The average molecular weight is 444 g/mol. The Morgan fingerprint density at radius 3 is 2.74 bits per heavy atom. The number of hydrogen-bond donors (Lipinski definition) is 2. The number of hydrogen-bond acceptors (Lipinski definition) is 7. The van der Waals surface area contributed by atoms with Crippen molar-refractivity contribution in [1.82, 2.24) is 24.7 Å². The molecule has 1 aliphatic heterocycles. The molecule has 31 heavy (non-hydrogen) atoms. The van der Waals surface area contributed by atoms with Crippen molar-refractivity contribution in [2.45, 2.75) is 49.0 Å². The van der Waals surface area contributed by atoms with Gasteiger partial charge in [0.15, 0.2) is 0 Å². The fraction of sp³-hybridized carbons (Fsp3) is 0.381. The lowest BCUT2D eigenvalue weighted by Crippen LogP contribution is -2.50. The smallest absolute Gasteiger partial charge is 0.240 e. The van der Waals surface area contributed by atoms with Crippen molar-refractivity contribution in [1.29, 1.82) is 0 Å². The van der Waals surface area contributed by atoms with Gasteiger partial charge in [-0.1, -0.05) is 23.4 Å². The quantitative estimate of drug-likeness (QED) is 0.543. The Labute approximate surface area is 181 Å². The molecule has 1 aliphatic rings. The summed E-state index contributed by atoms with van der Waals surface area (Å²) in [5, 5.41) is 18.1. The second kappa shape index (κ2) is 9.65. The van der Waals surface area contributed by atoms with Crippen LogP contribution in [0.3, 0.4) is 0 Å². The van der Waals surface area contributed by atoms with Crippen LogP contribution in [0.25, 0.3) is 11.3 Å². The first-order chi connectivity index (χ1) is 15.0. The van der Waals surface area contributed by atoms with Crippen molar-refractivity contribution in [2.75, 3.05) is 6.61 Å². The Balaban J connectivity index is 1.32. The van der Waals surface area contributed by atoms with Crippen LogP contribution in [0.15, 0.2) is 66.0 Å². The average Bonchev–Trinajstić information content (AvgIpc) is 3.28. The van der Waals surface area contributed by atoms with Crippen molar-refractivity contribution in [3.63, 3.8) is 0 Å². The van der Waals surface area contributed by atoms with Crippen LogP contribution in [-0.2, 0) is 21.3 Å². The van der Waals surface area contributed by atoms with Gasteiger partial charge >= 0.3 is 0 Å². The minimum atomic E-state index is -3.67. The summed E-state index contributed by atoms with van der Waals surface area (Å²) in [5.41, 5.74) is 1.65. The summed E-state index contributed by atoms with van der Waals surface area (Å²) in [5.74, 6) is 0. The van der Waals surface area contributed by atoms with Gasteiger partial charge in [0.2, 0.25) is 10.0 Å². The van der Waals surface area contributed by atoms with Gasteiger partial charge in [0.1, 0.15) is 5.69 Å². The maximum Gasteiger partial charge on any atom is 0.240 e. The first kappa shape index (κ1) is 21.6. The lowest BCUT2D eigenvalue weighted by atomic mass is 9.98. The second-order valence-corrected chi connectivity index (χ2v) is 9.21. The molecule has 2 N–H and O–H groups in total. The number of aliphatic hydroxyl groups is 1. The van der Waals surface area contributed by atoms with E-state index in [1.807, 2.05) is 18.3 Å². The standard InChI is InChI=1S/C21H25N5O4S/c27-15-21-19(24-31(28,29)18-6-2-1-3-7-18)9-8-17(30-21)10-12-26-14-20(23-25-26)16-5-4-11-22-13-16/h1-7,11,13-14,17,19,21,24,27H,8-10,12,15H2/t17-,19-,21-/m1/s1. The molecule has 4 rings (SSSR count). The maximum absolute atomic E-state index is 12.6. The van der Waals surface area contributed by atoms with Crippen LogP contribution in [-0.4, -0.2) is 58.4 Å². The number of nitrogens with one attached hydrogen (secondary N) is 1. The number of ether oxygens (including phenoxy) is 1. The van der Waals surface area contributed by atoms with Gasteiger partial charge in [-0.3, -0.25) is 9.67 Å². The first-order valence-corrected chi connectivity index (χ1v) is 11.7. The summed E-state index contributed by atoms with van der Waals surface area (Å²) < 4.78 is 35.6. The summed E-state index contributed by atoms with van der Waals surface area (Å²) in [6, 6.07) is 11.5. The van der Waals surface area contributed by atoms with E-state index in [2.05, 4.69) is 20.0 Å². The molecular weight excluding hydrogens is 418 g/mol. The van der Waals surface area contributed by atoms with Gasteiger partial charge in [-0.15, -0.1) is 5.10 Å². The summed E-state index contributed by atoms with van der Waals surface area (Å²) >= 11 is 0. The number of aliphatic hydroxyl groups excluding tert-OH is 1. The molecule has 0 spiro atoms. The fourth-order valence-corrected chi connectivity index (χ4v) is 5.00. The summed E-state index contributed by atoms with van der Waals surface area (Å²) in [6.45, 7) is 0.351. The highest BCUT2D eigenvalue weighted by Gasteiger charge is 2.33. The van der Waals surface area contributed by atoms with Gasteiger partial charge in [-0.05, 0) is 43.5 Å². The topological polar surface area (TPSA) is 119 Å². The van der Waals surface area contributed by atoms with E-state index in [0.717, 1.165) is 11.3 Å². The number of rotatable bonds is 8. The van der Waals surface area contributed by atoms with Gasteiger partial charge < -0.3 is 9.84 Å². The largest absolute Gasteiger partial charge is 0.394 e. The lowest BCUT2D eigenvalue weighted by molar-refractivity contribution is -0.0891. The highest BCUT2D eigenvalue weighted by molar-refractivity contribution is 7.89. The van der Waals surface area contributed by atoms with Crippen LogP contribution < -0.4 is 4.72 Å². The van der Waals surface area contributed by atoms with E-state index < -0.39 is 22.2 Å². The Hall–Kier alpha value is -2.66. The second-order valence-electron chi connectivity index (χ2n) is 7.49. The van der Waals surface area contributed by atoms with Gasteiger partial charge in [-0.25, -0.2) is 13.1 Å². The molecule has 0 saturated carbocycles. The molecule has 3 atom stereocenters. The molecule has 0 aliphatic carbocycles. The molecular formula is C21H25N5O4S. The molecule has 9 nitrogen and oxygen atoms in total. The Morgan fingerprint density at radius 2 is 2.00 bits per heavy atom. The number of aryl methyl sites for hydroxylation is 1. The van der Waals surface area contributed by atoms with E-state index in [4.69, 9.17) is 4.74 Å². The van der Waals surface area contributed by atoms with Crippen LogP contribution in [0.5, 0.6) is 0 Å². The van der Waals surface area contributed by atoms with Gasteiger partial charge in [0, 0.05) is 24.5 Å². The lowest BCUT2D eigenvalue weighted by Gasteiger charge is -2.36. The molecule has 0 unspecified atom stereocenters. The fourth-order valence-electron chi connectivity index (χ4n) is 3.68. The molecule has 2 aromatic heterocycles. The number of nitrogens with zero attached hydrogens (tertiary/aromatic N) is 4. The third kappa shape index (κ3) is 5.34. The van der Waals surface area contributed by atoms with Gasteiger partial charge in [-0.2, -0.15) is 0 Å². The SMILES string of the molecule is O=S(=O)(N[C@@H]1CC[C@H](CCn2cc(-c3cccnc3)nn2)O[C@@H]1CO)c1ccccc1. The number of aromatic nitrogens is 4. The highest BCUT2D eigenvalue weighted by Crippen LogP contribution is 2.24. The highest BCUT2D eigenvalue weighted by atomic mass is 32.2. The predicted octanol–water partition coefficient (Wildman–Crippen LogP) is 1.62. The predicted molar refractivity (Wildman–Crippen MR) is 113 cm³/mol. The molecule has 10 heteroatoms. The van der Waals surface area contributed by atoms with Crippen LogP contribution in [0.4, 0.5) is 0 Å². The molecule has 0 radical (unpaired) electrons. The Bertz CT molecular complexity index is 1080. The van der Waals surface area contributed by atoms with Crippen molar-refractivity contribution in [3.8, 4) is 11.3 Å². The third-order valence-electron chi connectivity index (χ3n) is 5.33. The zero-order valence-electron chi connectivity index (χ0n) is 16.9.